The zero-order valence-electron chi connectivity index (χ0n) is 13.0. The summed E-state index contributed by atoms with van der Waals surface area (Å²) >= 11 is 0. The molecule has 24 heavy (non-hydrogen) atoms. The molecule has 116 valence electrons. The molecule has 1 heterocycles. The normalized spacial score (nSPS) is 12.8. The number of aliphatic imine (C=N–C) groups is 1. The highest BCUT2D eigenvalue weighted by atomic mass is 16.5. The van der Waals surface area contributed by atoms with Crippen LogP contribution in [-0.4, -0.2) is 11.7 Å². The second-order valence-electron chi connectivity index (χ2n) is 5.61. The number of ketones is 1. The monoisotopic (exact) mass is 313 g/mol. The number of carbonyl (C=O) groups is 1. The first-order valence-corrected chi connectivity index (χ1v) is 7.81. The minimum Gasteiger partial charge on any atom is -0.472 e. The summed E-state index contributed by atoms with van der Waals surface area (Å²) in [6.07, 6.45) is 0. The van der Waals surface area contributed by atoms with Gasteiger partial charge in [-0.3, -0.25) is 4.79 Å². The molecule has 0 amide bonds. The third-order valence-electron chi connectivity index (χ3n) is 4.01. The van der Waals surface area contributed by atoms with Crippen LogP contribution in [0.2, 0.25) is 0 Å². The molecule has 0 bridgehead atoms. The predicted molar refractivity (Wildman–Crippen MR) is 93.7 cm³/mol. The summed E-state index contributed by atoms with van der Waals surface area (Å²) in [4.78, 5) is 17.0. The predicted octanol–water partition coefficient (Wildman–Crippen LogP) is 4.53. The summed E-state index contributed by atoms with van der Waals surface area (Å²) in [6, 6.07) is 24.6. The molecule has 3 aromatic rings. The van der Waals surface area contributed by atoms with Crippen LogP contribution >= 0.6 is 0 Å². The summed E-state index contributed by atoms with van der Waals surface area (Å²) in [7, 11) is 0. The van der Waals surface area contributed by atoms with Gasteiger partial charge in [-0.25, -0.2) is 4.99 Å². The largest absolute Gasteiger partial charge is 0.472 e. The molecule has 0 saturated heterocycles. The molecule has 1 aliphatic rings. The standard InChI is InChI=1S/C21H15NO2/c23-20(15-6-2-1-3-7-15)16-10-12-17(13-11-16)21-22-19-9-5-4-8-18(19)14-24-21/h1-13H,14H2. The Kier molecular flexibility index (Phi) is 3.67. The number of benzene rings is 3. The minimum atomic E-state index is 0.0130. The van der Waals surface area contributed by atoms with Gasteiger partial charge in [0.1, 0.15) is 6.61 Å². The lowest BCUT2D eigenvalue weighted by atomic mass is 10.0. The summed E-state index contributed by atoms with van der Waals surface area (Å²) < 4.78 is 5.74. The number of carbonyl (C=O) groups excluding carboxylic acids is 1. The molecule has 0 spiro atoms. The van der Waals surface area contributed by atoms with Gasteiger partial charge in [0, 0.05) is 22.3 Å². The van der Waals surface area contributed by atoms with E-state index in [1.54, 1.807) is 0 Å². The van der Waals surface area contributed by atoms with Crippen LogP contribution in [-0.2, 0) is 11.3 Å². The zero-order chi connectivity index (χ0) is 16.4. The van der Waals surface area contributed by atoms with Gasteiger partial charge in [0.05, 0.1) is 5.69 Å². The van der Waals surface area contributed by atoms with Gasteiger partial charge in [-0.15, -0.1) is 0 Å². The van der Waals surface area contributed by atoms with Crippen LogP contribution in [0.3, 0.4) is 0 Å². The smallest absolute Gasteiger partial charge is 0.221 e. The van der Waals surface area contributed by atoms with E-state index in [1.807, 2.05) is 78.9 Å². The molecule has 0 unspecified atom stereocenters. The molecular formula is C21H15NO2. The molecule has 0 radical (unpaired) electrons. The Hall–Kier alpha value is -3.20. The van der Waals surface area contributed by atoms with E-state index in [0.29, 0.717) is 23.6 Å². The number of rotatable bonds is 3. The van der Waals surface area contributed by atoms with Crippen LogP contribution in [0.25, 0.3) is 0 Å². The van der Waals surface area contributed by atoms with E-state index >= 15 is 0 Å². The molecule has 0 aromatic heterocycles. The molecule has 1 aliphatic heterocycles. The highest BCUT2D eigenvalue weighted by molar-refractivity contribution is 6.09. The highest BCUT2D eigenvalue weighted by Gasteiger charge is 2.15. The number of ether oxygens (including phenoxy) is 1. The van der Waals surface area contributed by atoms with E-state index in [1.165, 1.54) is 0 Å². The number of hydrogen-bond acceptors (Lipinski definition) is 3. The van der Waals surface area contributed by atoms with Crippen molar-refractivity contribution in [2.45, 2.75) is 6.61 Å². The van der Waals surface area contributed by atoms with Gasteiger partial charge in [-0.1, -0.05) is 60.7 Å². The lowest BCUT2D eigenvalue weighted by Gasteiger charge is -2.16. The maximum absolute atomic E-state index is 12.4. The van der Waals surface area contributed by atoms with Crippen molar-refractivity contribution in [1.82, 2.24) is 0 Å². The lowest BCUT2D eigenvalue weighted by molar-refractivity contribution is 0.103. The molecule has 0 atom stereocenters. The molecule has 0 fully saturated rings. The molecular weight excluding hydrogens is 298 g/mol. The van der Waals surface area contributed by atoms with Crippen molar-refractivity contribution in [3.8, 4) is 0 Å². The summed E-state index contributed by atoms with van der Waals surface area (Å²) in [5, 5.41) is 0. The minimum absolute atomic E-state index is 0.0130. The second kappa shape index (κ2) is 6.13. The maximum Gasteiger partial charge on any atom is 0.221 e. The van der Waals surface area contributed by atoms with Crippen molar-refractivity contribution in [1.29, 1.82) is 0 Å². The van der Waals surface area contributed by atoms with Crippen molar-refractivity contribution >= 4 is 17.4 Å². The zero-order valence-corrected chi connectivity index (χ0v) is 13.0. The van der Waals surface area contributed by atoms with Crippen molar-refractivity contribution in [2.75, 3.05) is 0 Å². The van der Waals surface area contributed by atoms with E-state index in [-0.39, 0.29) is 5.78 Å². The molecule has 3 nitrogen and oxygen atoms in total. The van der Waals surface area contributed by atoms with Gasteiger partial charge in [0.15, 0.2) is 5.78 Å². The summed E-state index contributed by atoms with van der Waals surface area (Å²) in [6.45, 7) is 0.514. The summed E-state index contributed by atoms with van der Waals surface area (Å²) in [5.41, 5.74) is 4.22. The fraction of sp³-hybridized carbons (Fsp3) is 0.0476. The second-order valence-corrected chi connectivity index (χ2v) is 5.61. The van der Waals surface area contributed by atoms with Crippen LogP contribution in [0.4, 0.5) is 5.69 Å². The van der Waals surface area contributed by atoms with Gasteiger partial charge < -0.3 is 4.74 Å². The third kappa shape index (κ3) is 2.72. The average molecular weight is 313 g/mol. The Morgan fingerprint density at radius 1 is 0.792 bits per heavy atom. The van der Waals surface area contributed by atoms with Crippen LogP contribution < -0.4 is 0 Å². The Bertz CT molecular complexity index is 912. The molecule has 0 saturated carbocycles. The van der Waals surface area contributed by atoms with Gasteiger partial charge in [-0.2, -0.15) is 0 Å². The molecule has 4 rings (SSSR count). The third-order valence-corrected chi connectivity index (χ3v) is 4.01. The maximum atomic E-state index is 12.4. The Balaban J connectivity index is 1.61. The van der Waals surface area contributed by atoms with E-state index in [4.69, 9.17) is 4.74 Å². The van der Waals surface area contributed by atoms with Gasteiger partial charge in [-0.05, 0) is 18.2 Å². The summed E-state index contributed by atoms with van der Waals surface area (Å²) in [5.74, 6) is 0.603. The Morgan fingerprint density at radius 3 is 2.25 bits per heavy atom. The molecule has 3 aromatic carbocycles. The fourth-order valence-corrected chi connectivity index (χ4v) is 2.70. The van der Waals surface area contributed by atoms with Crippen LogP contribution in [0.15, 0.2) is 83.9 Å². The Morgan fingerprint density at radius 2 is 1.46 bits per heavy atom. The fourth-order valence-electron chi connectivity index (χ4n) is 2.70. The molecule has 0 aliphatic carbocycles. The van der Waals surface area contributed by atoms with Crippen molar-refractivity contribution in [3.63, 3.8) is 0 Å². The Labute approximate surface area is 140 Å². The topological polar surface area (TPSA) is 38.7 Å². The first-order chi connectivity index (χ1) is 11.8. The van der Waals surface area contributed by atoms with Gasteiger partial charge in [0.25, 0.3) is 0 Å². The van der Waals surface area contributed by atoms with Gasteiger partial charge in [0.2, 0.25) is 5.90 Å². The quantitative estimate of drug-likeness (QED) is 0.667. The van der Waals surface area contributed by atoms with Crippen LogP contribution in [0.1, 0.15) is 27.0 Å². The van der Waals surface area contributed by atoms with Gasteiger partial charge >= 0.3 is 0 Å². The van der Waals surface area contributed by atoms with Crippen molar-refractivity contribution < 1.29 is 9.53 Å². The van der Waals surface area contributed by atoms with Crippen LogP contribution in [0, 0.1) is 0 Å². The average Bonchev–Trinajstić information content (AvgIpc) is 2.68. The number of nitrogens with zero attached hydrogens (tertiary/aromatic N) is 1. The molecule has 0 N–H and O–H groups in total. The van der Waals surface area contributed by atoms with E-state index < -0.39 is 0 Å². The number of hydrogen-bond donors (Lipinski definition) is 0. The number of para-hydroxylation sites is 1. The van der Waals surface area contributed by atoms with E-state index in [2.05, 4.69) is 4.99 Å². The van der Waals surface area contributed by atoms with E-state index in [0.717, 1.165) is 16.8 Å². The number of fused-ring (bicyclic) bond motifs is 1. The highest BCUT2D eigenvalue weighted by Crippen LogP contribution is 2.26. The SMILES string of the molecule is O=C(c1ccccc1)c1ccc(C2=Nc3ccccc3CO2)cc1. The van der Waals surface area contributed by atoms with Crippen molar-refractivity contribution in [3.05, 3.63) is 101 Å². The molecule has 3 heteroatoms. The van der Waals surface area contributed by atoms with E-state index in [9.17, 15) is 4.79 Å². The lowest BCUT2D eigenvalue weighted by Crippen LogP contribution is -2.11. The van der Waals surface area contributed by atoms with Crippen molar-refractivity contribution in [2.24, 2.45) is 4.99 Å². The first kappa shape index (κ1) is 14.4. The first-order valence-electron chi connectivity index (χ1n) is 7.81. The van der Waals surface area contributed by atoms with Crippen LogP contribution in [0.5, 0.6) is 0 Å².